The van der Waals surface area contributed by atoms with Gasteiger partial charge in [0.05, 0.1) is 16.9 Å². The normalized spacial score (nSPS) is 18.5. The van der Waals surface area contributed by atoms with Crippen LogP contribution >= 0.6 is 11.8 Å². The average Bonchev–Trinajstić information content (AvgIpc) is 2.95. The van der Waals surface area contributed by atoms with Crippen LogP contribution in [0.25, 0.3) is 0 Å². The van der Waals surface area contributed by atoms with E-state index in [-0.39, 0.29) is 17.3 Å². The molecular weight excluding hydrogens is 380 g/mol. The number of amides is 1. The Balaban J connectivity index is 1.90. The standard InChI is InChI=1S/C17H11F6NOS/c18-16(19,20)11-3-1-10(2-4-11)15-24(14(25)9-26-15)13-7-5-12(6-8-13)17(21,22)23/h1-8,15H,9H2/t15-/m1/s1. The highest BCUT2D eigenvalue weighted by atomic mass is 32.2. The van der Waals surface area contributed by atoms with E-state index in [0.29, 0.717) is 5.56 Å². The molecule has 0 bridgehead atoms. The van der Waals surface area contributed by atoms with Crippen LogP contribution in [0, 0.1) is 0 Å². The number of nitrogens with zero attached hydrogens (tertiary/aromatic N) is 1. The zero-order valence-electron chi connectivity index (χ0n) is 12.9. The number of anilines is 1. The highest BCUT2D eigenvalue weighted by Crippen LogP contribution is 2.43. The Morgan fingerprint density at radius 2 is 1.27 bits per heavy atom. The van der Waals surface area contributed by atoms with Gasteiger partial charge in [0, 0.05) is 5.69 Å². The summed E-state index contributed by atoms with van der Waals surface area (Å²) in [4.78, 5) is 13.5. The largest absolute Gasteiger partial charge is 0.416 e. The number of benzene rings is 2. The molecule has 26 heavy (non-hydrogen) atoms. The van der Waals surface area contributed by atoms with Gasteiger partial charge in [-0.25, -0.2) is 0 Å². The molecule has 1 heterocycles. The first-order valence-electron chi connectivity index (χ1n) is 7.35. The first kappa shape index (κ1) is 18.6. The van der Waals surface area contributed by atoms with Crippen LogP contribution in [-0.4, -0.2) is 11.7 Å². The second-order valence-corrected chi connectivity index (χ2v) is 6.66. The van der Waals surface area contributed by atoms with Gasteiger partial charge in [-0.3, -0.25) is 9.69 Å². The van der Waals surface area contributed by atoms with Gasteiger partial charge in [0.25, 0.3) is 0 Å². The minimum atomic E-state index is -4.49. The van der Waals surface area contributed by atoms with Crippen LogP contribution in [0.4, 0.5) is 32.0 Å². The predicted molar refractivity (Wildman–Crippen MR) is 85.6 cm³/mol. The van der Waals surface area contributed by atoms with Gasteiger partial charge in [0.15, 0.2) is 0 Å². The van der Waals surface area contributed by atoms with Crippen molar-refractivity contribution in [3.8, 4) is 0 Å². The summed E-state index contributed by atoms with van der Waals surface area (Å²) in [5.41, 5.74) is -0.921. The van der Waals surface area contributed by atoms with Crippen LogP contribution in [0.1, 0.15) is 22.1 Å². The maximum Gasteiger partial charge on any atom is 0.416 e. The van der Waals surface area contributed by atoms with Gasteiger partial charge < -0.3 is 0 Å². The van der Waals surface area contributed by atoms with E-state index in [1.165, 1.54) is 40.9 Å². The molecule has 3 rings (SSSR count). The fraction of sp³-hybridized carbons (Fsp3) is 0.235. The van der Waals surface area contributed by atoms with Crippen molar-refractivity contribution in [1.82, 2.24) is 0 Å². The first-order chi connectivity index (χ1) is 12.1. The van der Waals surface area contributed by atoms with Gasteiger partial charge >= 0.3 is 12.4 Å². The Bertz CT molecular complexity index is 798. The lowest BCUT2D eigenvalue weighted by Gasteiger charge is -2.25. The zero-order chi connectivity index (χ0) is 19.1. The minimum absolute atomic E-state index is 0.0900. The van der Waals surface area contributed by atoms with Crippen LogP contribution in [-0.2, 0) is 17.1 Å². The monoisotopic (exact) mass is 391 g/mol. The molecule has 0 aromatic heterocycles. The van der Waals surface area contributed by atoms with Crippen LogP contribution < -0.4 is 4.90 Å². The van der Waals surface area contributed by atoms with Gasteiger partial charge in [0.2, 0.25) is 5.91 Å². The molecule has 0 aliphatic carbocycles. The molecule has 1 amide bonds. The van der Waals surface area contributed by atoms with E-state index in [2.05, 4.69) is 0 Å². The summed E-state index contributed by atoms with van der Waals surface area (Å²) in [7, 11) is 0. The van der Waals surface area contributed by atoms with E-state index in [1.54, 1.807) is 0 Å². The third-order valence-electron chi connectivity index (χ3n) is 3.86. The molecule has 2 nitrogen and oxygen atoms in total. The number of hydrogen-bond acceptors (Lipinski definition) is 2. The van der Waals surface area contributed by atoms with E-state index >= 15 is 0 Å². The topological polar surface area (TPSA) is 20.3 Å². The van der Waals surface area contributed by atoms with Crippen molar-refractivity contribution in [2.45, 2.75) is 17.7 Å². The van der Waals surface area contributed by atoms with Gasteiger partial charge in [-0.05, 0) is 42.0 Å². The Labute approximate surface area is 148 Å². The highest BCUT2D eigenvalue weighted by molar-refractivity contribution is 8.00. The van der Waals surface area contributed by atoms with E-state index in [4.69, 9.17) is 0 Å². The molecule has 0 saturated carbocycles. The summed E-state index contributed by atoms with van der Waals surface area (Å²) in [6, 6.07) is 8.50. The van der Waals surface area contributed by atoms with Crippen molar-refractivity contribution < 1.29 is 31.1 Å². The molecule has 0 radical (unpaired) electrons. The van der Waals surface area contributed by atoms with Crippen LogP contribution in [0.3, 0.4) is 0 Å². The maximum absolute atomic E-state index is 12.7. The van der Waals surface area contributed by atoms with Crippen molar-refractivity contribution in [1.29, 1.82) is 0 Å². The Kier molecular flexibility index (Phi) is 4.68. The van der Waals surface area contributed by atoms with Crippen molar-refractivity contribution in [2.75, 3.05) is 10.7 Å². The molecule has 1 fully saturated rings. The van der Waals surface area contributed by atoms with Crippen molar-refractivity contribution in [3.05, 3.63) is 65.2 Å². The Hall–Kier alpha value is -2.16. The second kappa shape index (κ2) is 6.53. The number of carbonyl (C=O) groups excluding carboxylic acids is 1. The number of hydrogen-bond donors (Lipinski definition) is 0. The molecule has 0 spiro atoms. The molecule has 1 aliphatic rings. The van der Waals surface area contributed by atoms with Crippen molar-refractivity contribution >= 4 is 23.4 Å². The van der Waals surface area contributed by atoms with E-state index in [0.717, 1.165) is 24.3 Å². The molecule has 1 aliphatic heterocycles. The summed E-state index contributed by atoms with van der Waals surface area (Å²) in [5.74, 6) is -0.230. The molecule has 2 aromatic rings. The van der Waals surface area contributed by atoms with Crippen LogP contribution in [0.2, 0.25) is 0 Å². The maximum atomic E-state index is 12.7. The number of thioether (sulfide) groups is 1. The predicted octanol–water partition coefficient (Wildman–Crippen LogP) is 5.50. The quantitative estimate of drug-likeness (QED) is 0.630. The third-order valence-corrected chi connectivity index (χ3v) is 5.08. The summed E-state index contributed by atoms with van der Waals surface area (Å²) >= 11 is 1.20. The second-order valence-electron chi connectivity index (χ2n) is 5.59. The fourth-order valence-electron chi connectivity index (χ4n) is 2.60. The average molecular weight is 391 g/mol. The fourth-order valence-corrected chi connectivity index (χ4v) is 3.77. The molecule has 138 valence electrons. The van der Waals surface area contributed by atoms with Crippen LogP contribution in [0.15, 0.2) is 48.5 Å². The van der Waals surface area contributed by atoms with Gasteiger partial charge in [-0.2, -0.15) is 26.3 Å². The molecule has 0 unspecified atom stereocenters. The lowest BCUT2D eigenvalue weighted by Crippen LogP contribution is -2.27. The van der Waals surface area contributed by atoms with Gasteiger partial charge in [-0.15, -0.1) is 11.8 Å². The van der Waals surface area contributed by atoms with E-state index < -0.39 is 28.9 Å². The summed E-state index contributed by atoms with van der Waals surface area (Å²) in [6.45, 7) is 0. The lowest BCUT2D eigenvalue weighted by atomic mass is 10.1. The van der Waals surface area contributed by atoms with Crippen LogP contribution in [0.5, 0.6) is 0 Å². The van der Waals surface area contributed by atoms with E-state index in [9.17, 15) is 31.1 Å². The summed E-state index contributed by atoms with van der Waals surface area (Å²) in [6.07, 6.45) is -8.96. The third kappa shape index (κ3) is 3.67. The number of halogens is 6. The smallest absolute Gasteiger partial charge is 0.295 e. The van der Waals surface area contributed by atoms with Gasteiger partial charge in [0.1, 0.15) is 5.37 Å². The molecule has 1 atom stereocenters. The van der Waals surface area contributed by atoms with Crippen molar-refractivity contribution in [3.63, 3.8) is 0 Å². The molecule has 9 heteroatoms. The minimum Gasteiger partial charge on any atom is -0.295 e. The molecule has 2 aromatic carbocycles. The summed E-state index contributed by atoms with van der Waals surface area (Å²) in [5, 5.41) is -0.596. The molecule has 0 N–H and O–H groups in total. The zero-order valence-corrected chi connectivity index (χ0v) is 13.8. The Morgan fingerprint density at radius 3 is 1.73 bits per heavy atom. The molecule has 1 saturated heterocycles. The van der Waals surface area contributed by atoms with E-state index in [1.807, 2.05) is 0 Å². The number of alkyl halides is 6. The lowest BCUT2D eigenvalue weighted by molar-refractivity contribution is -0.138. The van der Waals surface area contributed by atoms with Crippen molar-refractivity contribution in [2.24, 2.45) is 0 Å². The first-order valence-corrected chi connectivity index (χ1v) is 8.40. The van der Waals surface area contributed by atoms with Gasteiger partial charge in [-0.1, -0.05) is 12.1 Å². The number of carbonyl (C=O) groups is 1. The Morgan fingerprint density at radius 1 is 0.808 bits per heavy atom. The SMILES string of the molecule is O=C1CS[C@H](c2ccc(C(F)(F)F)cc2)N1c1ccc(C(F)(F)F)cc1. The number of rotatable bonds is 2. The summed E-state index contributed by atoms with van der Waals surface area (Å²) < 4.78 is 76.0. The highest BCUT2D eigenvalue weighted by Gasteiger charge is 2.36. The molecular formula is C17H11F6NOS.